The van der Waals surface area contributed by atoms with Crippen molar-refractivity contribution in [2.24, 2.45) is 5.10 Å². The van der Waals surface area contributed by atoms with Crippen molar-refractivity contribution < 1.29 is 4.79 Å². The van der Waals surface area contributed by atoms with Gasteiger partial charge in [-0.05, 0) is 30.2 Å². The average molecular weight is 299 g/mol. The van der Waals surface area contributed by atoms with Gasteiger partial charge in [0.25, 0.3) is 0 Å². The van der Waals surface area contributed by atoms with Crippen LogP contribution in [0.25, 0.3) is 0 Å². The Balaban J connectivity index is 1.88. The van der Waals surface area contributed by atoms with Crippen molar-refractivity contribution in [2.45, 2.75) is 19.3 Å². The lowest BCUT2D eigenvalue weighted by molar-refractivity contribution is -0.122. The van der Waals surface area contributed by atoms with Gasteiger partial charge in [-0.3, -0.25) is 4.79 Å². The van der Waals surface area contributed by atoms with E-state index in [2.05, 4.69) is 10.5 Å². The highest BCUT2D eigenvalue weighted by molar-refractivity contribution is 6.30. The normalized spacial score (nSPS) is 18.1. The SMILES string of the molecule is Cc1ccc([C@H]2CC(c3ccc(Cl)cc3)=NNC2=O)cc1. The number of aryl methyl sites for hydroxylation is 1. The molecule has 0 radical (unpaired) electrons. The van der Waals surface area contributed by atoms with Gasteiger partial charge in [0.15, 0.2) is 0 Å². The van der Waals surface area contributed by atoms with Crippen LogP contribution in [0.15, 0.2) is 53.6 Å². The third-order valence-corrected chi connectivity index (χ3v) is 3.92. The van der Waals surface area contributed by atoms with Gasteiger partial charge in [0.2, 0.25) is 5.91 Å². The molecule has 0 aliphatic carbocycles. The predicted molar refractivity (Wildman–Crippen MR) is 84.7 cm³/mol. The molecular formula is C17H15ClN2O. The van der Waals surface area contributed by atoms with E-state index in [-0.39, 0.29) is 11.8 Å². The van der Waals surface area contributed by atoms with Crippen LogP contribution in [0.2, 0.25) is 5.02 Å². The van der Waals surface area contributed by atoms with Crippen LogP contribution in [0.3, 0.4) is 0 Å². The maximum atomic E-state index is 12.1. The van der Waals surface area contributed by atoms with Crippen LogP contribution < -0.4 is 5.43 Å². The fourth-order valence-corrected chi connectivity index (χ4v) is 2.55. The molecule has 3 rings (SSSR count). The fraction of sp³-hybridized carbons (Fsp3) is 0.176. The number of carbonyl (C=O) groups excluding carboxylic acids is 1. The first kappa shape index (κ1) is 13.8. The van der Waals surface area contributed by atoms with Crippen molar-refractivity contribution in [3.63, 3.8) is 0 Å². The maximum Gasteiger partial charge on any atom is 0.248 e. The summed E-state index contributed by atoms with van der Waals surface area (Å²) in [6.07, 6.45) is 0.594. The fourth-order valence-electron chi connectivity index (χ4n) is 2.42. The second-order valence-corrected chi connectivity index (χ2v) is 5.65. The number of nitrogens with one attached hydrogen (secondary N) is 1. The van der Waals surface area contributed by atoms with E-state index in [0.717, 1.165) is 16.8 Å². The zero-order valence-electron chi connectivity index (χ0n) is 11.6. The molecule has 3 nitrogen and oxygen atoms in total. The van der Waals surface area contributed by atoms with Gasteiger partial charge >= 0.3 is 0 Å². The highest BCUT2D eigenvalue weighted by Crippen LogP contribution is 2.26. The zero-order valence-corrected chi connectivity index (χ0v) is 12.4. The van der Waals surface area contributed by atoms with Gasteiger partial charge in [-0.25, -0.2) is 5.43 Å². The first-order valence-electron chi connectivity index (χ1n) is 6.82. The highest BCUT2D eigenvalue weighted by Gasteiger charge is 2.27. The van der Waals surface area contributed by atoms with E-state index < -0.39 is 0 Å². The summed E-state index contributed by atoms with van der Waals surface area (Å²) in [6.45, 7) is 2.03. The van der Waals surface area contributed by atoms with Crippen LogP contribution in [0.1, 0.15) is 29.0 Å². The van der Waals surface area contributed by atoms with E-state index in [1.807, 2.05) is 55.5 Å². The number of halogens is 1. The van der Waals surface area contributed by atoms with Crippen LogP contribution in [-0.2, 0) is 4.79 Å². The molecule has 1 atom stereocenters. The summed E-state index contributed by atoms with van der Waals surface area (Å²) in [5, 5.41) is 4.87. The van der Waals surface area contributed by atoms with Gasteiger partial charge in [-0.15, -0.1) is 0 Å². The summed E-state index contributed by atoms with van der Waals surface area (Å²) in [6, 6.07) is 15.6. The standard InChI is InChI=1S/C17H15ClN2O/c1-11-2-4-12(5-3-11)15-10-16(19-20-17(15)21)13-6-8-14(18)9-7-13/h2-9,15H,10H2,1H3,(H,20,21)/t15-/m1/s1. The van der Waals surface area contributed by atoms with Crippen LogP contribution in [0.4, 0.5) is 0 Å². The Kier molecular flexibility index (Phi) is 3.76. The van der Waals surface area contributed by atoms with E-state index in [4.69, 9.17) is 11.6 Å². The van der Waals surface area contributed by atoms with E-state index in [1.165, 1.54) is 5.56 Å². The molecule has 4 heteroatoms. The summed E-state index contributed by atoms with van der Waals surface area (Å²) in [5.74, 6) is -0.259. The summed E-state index contributed by atoms with van der Waals surface area (Å²) < 4.78 is 0. The molecule has 0 spiro atoms. The molecule has 2 aromatic carbocycles. The highest BCUT2D eigenvalue weighted by atomic mass is 35.5. The summed E-state index contributed by atoms with van der Waals surface area (Å²) >= 11 is 5.90. The Bertz CT molecular complexity index is 690. The van der Waals surface area contributed by atoms with Crippen molar-refractivity contribution in [3.05, 3.63) is 70.2 Å². The van der Waals surface area contributed by atoms with Gasteiger partial charge in [-0.1, -0.05) is 53.6 Å². The second kappa shape index (κ2) is 5.70. The molecule has 1 amide bonds. The molecule has 1 heterocycles. The third kappa shape index (κ3) is 2.98. The molecule has 106 valence electrons. The number of hydrogen-bond donors (Lipinski definition) is 1. The van der Waals surface area contributed by atoms with Crippen molar-refractivity contribution in [1.29, 1.82) is 0 Å². The number of carbonyl (C=O) groups is 1. The topological polar surface area (TPSA) is 41.5 Å². The van der Waals surface area contributed by atoms with Crippen molar-refractivity contribution in [3.8, 4) is 0 Å². The zero-order chi connectivity index (χ0) is 14.8. The summed E-state index contributed by atoms with van der Waals surface area (Å²) in [7, 11) is 0. The minimum Gasteiger partial charge on any atom is -0.272 e. The monoisotopic (exact) mass is 298 g/mol. The lowest BCUT2D eigenvalue weighted by atomic mass is 9.89. The summed E-state index contributed by atoms with van der Waals surface area (Å²) in [5.41, 5.74) is 6.67. The van der Waals surface area contributed by atoms with Gasteiger partial charge in [0.05, 0.1) is 11.6 Å². The molecule has 21 heavy (non-hydrogen) atoms. The number of amides is 1. The molecule has 0 unspecified atom stereocenters. The number of benzene rings is 2. The van der Waals surface area contributed by atoms with E-state index in [9.17, 15) is 4.79 Å². The molecule has 0 saturated carbocycles. The lowest BCUT2D eigenvalue weighted by Gasteiger charge is -2.22. The maximum absolute atomic E-state index is 12.1. The van der Waals surface area contributed by atoms with Crippen LogP contribution >= 0.6 is 11.6 Å². The van der Waals surface area contributed by atoms with Crippen LogP contribution in [0, 0.1) is 6.92 Å². The smallest absolute Gasteiger partial charge is 0.248 e. The molecule has 0 bridgehead atoms. The largest absolute Gasteiger partial charge is 0.272 e. The number of hydrogen-bond acceptors (Lipinski definition) is 2. The third-order valence-electron chi connectivity index (χ3n) is 3.67. The molecule has 0 saturated heterocycles. The minimum atomic E-state index is -0.200. The average Bonchev–Trinajstić information content (AvgIpc) is 2.50. The van der Waals surface area contributed by atoms with E-state index in [0.29, 0.717) is 11.4 Å². The Morgan fingerprint density at radius 3 is 2.43 bits per heavy atom. The first-order valence-corrected chi connectivity index (χ1v) is 7.20. The molecule has 1 aliphatic heterocycles. The minimum absolute atomic E-state index is 0.0587. The van der Waals surface area contributed by atoms with Gasteiger partial charge in [0, 0.05) is 11.4 Å². The summed E-state index contributed by atoms with van der Waals surface area (Å²) in [4.78, 5) is 12.1. The number of rotatable bonds is 2. The molecule has 0 fully saturated rings. The second-order valence-electron chi connectivity index (χ2n) is 5.21. The van der Waals surface area contributed by atoms with Crippen molar-refractivity contribution in [2.75, 3.05) is 0 Å². The molecular weight excluding hydrogens is 284 g/mol. The lowest BCUT2D eigenvalue weighted by Crippen LogP contribution is -2.33. The van der Waals surface area contributed by atoms with Gasteiger partial charge in [0.1, 0.15) is 0 Å². The van der Waals surface area contributed by atoms with Crippen molar-refractivity contribution >= 4 is 23.2 Å². The predicted octanol–water partition coefficient (Wildman–Crippen LogP) is 3.66. The number of nitrogens with zero attached hydrogens (tertiary/aromatic N) is 1. The molecule has 1 N–H and O–H groups in total. The Labute approximate surface area is 128 Å². The van der Waals surface area contributed by atoms with Crippen molar-refractivity contribution in [1.82, 2.24) is 5.43 Å². The van der Waals surface area contributed by atoms with Crippen LogP contribution in [-0.4, -0.2) is 11.6 Å². The van der Waals surface area contributed by atoms with E-state index in [1.54, 1.807) is 0 Å². The Morgan fingerprint density at radius 2 is 1.76 bits per heavy atom. The first-order chi connectivity index (χ1) is 10.1. The van der Waals surface area contributed by atoms with Crippen LogP contribution in [0.5, 0.6) is 0 Å². The Hall–Kier alpha value is -2.13. The van der Waals surface area contributed by atoms with E-state index >= 15 is 0 Å². The quantitative estimate of drug-likeness (QED) is 0.903. The Morgan fingerprint density at radius 1 is 1.10 bits per heavy atom. The van der Waals surface area contributed by atoms with Gasteiger partial charge in [-0.2, -0.15) is 5.10 Å². The number of hydrazone groups is 1. The molecule has 1 aliphatic rings. The molecule has 0 aromatic heterocycles. The molecule has 2 aromatic rings. The van der Waals surface area contributed by atoms with Gasteiger partial charge < -0.3 is 0 Å².